The van der Waals surface area contributed by atoms with Crippen molar-refractivity contribution >= 4 is 5.97 Å². The van der Waals surface area contributed by atoms with Crippen molar-refractivity contribution in [1.29, 1.82) is 0 Å². The second-order valence-electron chi connectivity index (χ2n) is 3.16. The van der Waals surface area contributed by atoms with Crippen LogP contribution in [0.3, 0.4) is 0 Å². The molecule has 0 aromatic heterocycles. The molecule has 0 N–H and O–H groups in total. The molecule has 0 fully saturated rings. The molecule has 0 heterocycles. The van der Waals surface area contributed by atoms with Gasteiger partial charge in [0.05, 0.1) is 6.61 Å². The summed E-state index contributed by atoms with van der Waals surface area (Å²) in [6, 6.07) is 2.60. The number of benzene rings is 1. The van der Waals surface area contributed by atoms with Gasteiger partial charge in [-0.05, 0) is 25.1 Å². The standard InChI is InChI=1S/C12H8F4O3/c1-2-18-11(17)6-4-8-3-5-10(9(13)7-8)19-12(14,15)16/h3,5,7H,2H2,1H3. The maximum Gasteiger partial charge on any atom is 0.573 e. The third-order valence-corrected chi connectivity index (χ3v) is 1.74. The number of esters is 1. The third kappa shape index (κ3) is 5.29. The Morgan fingerprint density at radius 1 is 1.37 bits per heavy atom. The lowest BCUT2D eigenvalue weighted by Crippen LogP contribution is -2.17. The highest BCUT2D eigenvalue weighted by Gasteiger charge is 2.32. The van der Waals surface area contributed by atoms with Gasteiger partial charge in [0.25, 0.3) is 0 Å². The van der Waals surface area contributed by atoms with Crippen molar-refractivity contribution < 1.29 is 31.8 Å². The second kappa shape index (κ2) is 6.09. The van der Waals surface area contributed by atoms with E-state index < -0.39 is 23.9 Å². The van der Waals surface area contributed by atoms with Crippen LogP contribution in [-0.4, -0.2) is 18.9 Å². The van der Waals surface area contributed by atoms with Gasteiger partial charge >= 0.3 is 12.3 Å². The van der Waals surface area contributed by atoms with Crippen molar-refractivity contribution in [3.8, 4) is 17.6 Å². The van der Waals surface area contributed by atoms with Crippen LogP contribution in [-0.2, 0) is 9.53 Å². The minimum Gasteiger partial charge on any atom is -0.456 e. The van der Waals surface area contributed by atoms with Crippen molar-refractivity contribution in [2.24, 2.45) is 0 Å². The molecule has 3 nitrogen and oxygen atoms in total. The van der Waals surface area contributed by atoms with E-state index >= 15 is 0 Å². The molecule has 0 radical (unpaired) electrons. The van der Waals surface area contributed by atoms with Crippen molar-refractivity contribution in [3.05, 3.63) is 29.6 Å². The van der Waals surface area contributed by atoms with Crippen molar-refractivity contribution in [2.75, 3.05) is 6.61 Å². The number of ether oxygens (including phenoxy) is 2. The van der Waals surface area contributed by atoms with Gasteiger partial charge in [0.2, 0.25) is 0 Å². The number of carbonyl (C=O) groups is 1. The van der Waals surface area contributed by atoms with E-state index in [-0.39, 0.29) is 12.2 Å². The highest BCUT2D eigenvalue weighted by Crippen LogP contribution is 2.25. The first kappa shape index (κ1) is 14.8. The van der Waals surface area contributed by atoms with Gasteiger partial charge in [0.1, 0.15) is 0 Å². The Kier molecular flexibility index (Phi) is 4.75. The fourth-order valence-corrected chi connectivity index (χ4v) is 1.08. The summed E-state index contributed by atoms with van der Waals surface area (Å²) in [5.41, 5.74) is 0.0278. The largest absolute Gasteiger partial charge is 0.573 e. The first-order valence-electron chi connectivity index (χ1n) is 5.06. The lowest BCUT2D eigenvalue weighted by Gasteiger charge is -2.09. The summed E-state index contributed by atoms with van der Waals surface area (Å²) in [4.78, 5) is 10.9. The molecule has 1 aromatic carbocycles. The molecule has 0 aliphatic rings. The van der Waals surface area contributed by atoms with Gasteiger partial charge in [-0.15, -0.1) is 13.2 Å². The van der Waals surface area contributed by atoms with Crippen LogP contribution in [0, 0.1) is 17.7 Å². The van der Waals surface area contributed by atoms with E-state index in [1.54, 1.807) is 6.92 Å². The summed E-state index contributed by atoms with van der Waals surface area (Å²) in [7, 11) is 0. The Bertz CT molecular complexity index is 526. The Hall–Kier alpha value is -2.23. The van der Waals surface area contributed by atoms with Crippen LogP contribution in [0.5, 0.6) is 5.75 Å². The van der Waals surface area contributed by atoms with Crippen molar-refractivity contribution in [3.63, 3.8) is 0 Å². The minimum atomic E-state index is -4.97. The molecule has 0 saturated heterocycles. The first-order valence-corrected chi connectivity index (χ1v) is 5.06. The highest BCUT2D eigenvalue weighted by molar-refractivity contribution is 5.89. The Morgan fingerprint density at radius 3 is 2.58 bits per heavy atom. The lowest BCUT2D eigenvalue weighted by molar-refractivity contribution is -0.275. The fourth-order valence-electron chi connectivity index (χ4n) is 1.08. The maximum absolute atomic E-state index is 13.2. The molecule has 0 spiro atoms. The van der Waals surface area contributed by atoms with Crippen LogP contribution in [0.4, 0.5) is 17.6 Å². The van der Waals surface area contributed by atoms with E-state index in [0.717, 1.165) is 18.2 Å². The summed E-state index contributed by atoms with van der Waals surface area (Å²) in [5.74, 6) is 1.31. The number of hydrogen-bond acceptors (Lipinski definition) is 3. The van der Waals surface area contributed by atoms with E-state index in [4.69, 9.17) is 0 Å². The summed E-state index contributed by atoms with van der Waals surface area (Å²) in [6.07, 6.45) is -4.97. The fraction of sp³-hybridized carbons (Fsp3) is 0.250. The molecule has 1 rings (SSSR count). The zero-order valence-corrected chi connectivity index (χ0v) is 9.68. The molecule has 0 aliphatic carbocycles. The second-order valence-corrected chi connectivity index (χ2v) is 3.16. The predicted molar refractivity (Wildman–Crippen MR) is 56.6 cm³/mol. The number of carbonyl (C=O) groups excluding carboxylic acids is 1. The summed E-state index contributed by atoms with van der Waals surface area (Å²) in [5, 5.41) is 0. The number of hydrogen-bond donors (Lipinski definition) is 0. The molecule has 0 atom stereocenters. The van der Waals surface area contributed by atoms with Crippen LogP contribution < -0.4 is 4.74 Å². The molecule has 7 heteroatoms. The number of rotatable bonds is 2. The smallest absolute Gasteiger partial charge is 0.456 e. The molecule has 0 aliphatic heterocycles. The SMILES string of the molecule is CCOC(=O)C#Cc1ccc(OC(F)(F)F)c(F)c1. The Balaban J connectivity index is 2.85. The van der Waals surface area contributed by atoms with Gasteiger partial charge in [-0.25, -0.2) is 9.18 Å². The molecule has 1 aromatic rings. The maximum atomic E-state index is 13.2. The molecule has 0 amide bonds. The normalized spacial score (nSPS) is 10.4. The predicted octanol–water partition coefficient (Wildman–Crippen LogP) is 2.64. The molecular formula is C12H8F4O3. The molecule has 0 saturated carbocycles. The van der Waals surface area contributed by atoms with Crippen LogP contribution in [0.25, 0.3) is 0 Å². The zero-order chi connectivity index (χ0) is 14.5. The van der Waals surface area contributed by atoms with Crippen LogP contribution in [0.15, 0.2) is 18.2 Å². The lowest BCUT2D eigenvalue weighted by atomic mass is 10.2. The monoisotopic (exact) mass is 276 g/mol. The quantitative estimate of drug-likeness (QED) is 0.473. The Morgan fingerprint density at radius 2 is 2.05 bits per heavy atom. The van der Waals surface area contributed by atoms with Gasteiger partial charge < -0.3 is 9.47 Å². The number of alkyl halides is 3. The van der Waals surface area contributed by atoms with Crippen molar-refractivity contribution in [1.82, 2.24) is 0 Å². The van der Waals surface area contributed by atoms with E-state index in [0.29, 0.717) is 0 Å². The van der Waals surface area contributed by atoms with Gasteiger partial charge in [-0.3, -0.25) is 0 Å². The summed E-state index contributed by atoms with van der Waals surface area (Å²) < 4.78 is 56.8. The molecule has 102 valence electrons. The molecule has 19 heavy (non-hydrogen) atoms. The van der Waals surface area contributed by atoms with Gasteiger partial charge in [0, 0.05) is 11.5 Å². The van der Waals surface area contributed by atoms with E-state index in [1.165, 1.54) is 0 Å². The molecule has 0 bridgehead atoms. The summed E-state index contributed by atoms with van der Waals surface area (Å²) >= 11 is 0. The first-order chi connectivity index (χ1) is 8.81. The van der Waals surface area contributed by atoms with Gasteiger partial charge in [-0.2, -0.15) is 0 Å². The average Bonchev–Trinajstić information content (AvgIpc) is 2.28. The van der Waals surface area contributed by atoms with E-state index in [1.807, 2.05) is 0 Å². The molecule has 0 unspecified atom stereocenters. The Labute approximate surface area is 106 Å². The third-order valence-electron chi connectivity index (χ3n) is 1.74. The number of halogens is 4. The minimum absolute atomic E-state index is 0.0278. The zero-order valence-electron chi connectivity index (χ0n) is 9.68. The van der Waals surface area contributed by atoms with Crippen LogP contribution in [0.1, 0.15) is 12.5 Å². The average molecular weight is 276 g/mol. The van der Waals surface area contributed by atoms with Crippen LogP contribution >= 0.6 is 0 Å². The topological polar surface area (TPSA) is 35.5 Å². The van der Waals surface area contributed by atoms with Crippen molar-refractivity contribution in [2.45, 2.75) is 13.3 Å². The van der Waals surface area contributed by atoms with E-state index in [9.17, 15) is 22.4 Å². The summed E-state index contributed by atoms with van der Waals surface area (Å²) in [6.45, 7) is 1.72. The highest BCUT2D eigenvalue weighted by atomic mass is 19.4. The van der Waals surface area contributed by atoms with Crippen LogP contribution in [0.2, 0.25) is 0 Å². The van der Waals surface area contributed by atoms with Gasteiger partial charge in [0.15, 0.2) is 11.6 Å². The molecular weight excluding hydrogens is 268 g/mol. The van der Waals surface area contributed by atoms with E-state index in [2.05, 4.69) is 21.3 Å². The van der Waals surface area contributed by atoms with Gasteiger partial charge in [-0.1, -0.05) is 5.92 Å².